The van der Waals surface area contributed by atoms with Gasteiger partial charge in [-0.25, -0.2) is 4.79 Å². The molecule has 0 amide bonds. The first-order valence-corrected chi connectivity index (χ1v) is 6.39. The number of hydrogen-bond donors (Lipinski definition) is 0. The van der Waals surface area contributed by atoms with Gasteiger partial charge in [-0.2, -0.15) is 0 Å². The van der Waals surface area contributed by atoms with E-state index in [4.69, 9.17) is 9.57 Å². The van der Waals surface area contributed by atoms with Gasteiger partial charge >= 0.3 is 5.97 Å². The summed E-state index contributed by atoms with van der Waals surface area (Å²) in [6.07, 6.45) is 5.29. The molecule has 0 unspecified atom stereocenters. The molecule has 0 aliphatic heterocycles. The number of benzene rings is 1. The molecule has 0 saturated heterocycles. The second-order valence-corrected chi connectivity index (χ2v) is 4.35. The number of carbonyl (C=O) groups is 1. The van der Waals surface area contributed by atoms with Gasteiger partial charge in [0.15, 0.2) is 0 Å². The van der Waals surface area contributed by atoms with Crippen molar-refractivity contribution >= 4 is 11.7 Å². The monoisotopic (exact) mass is 275 g/mol. The molecule has 20 heavy (non-hydrogen) atoms. The Labute approximate surface area is 117 Å². The summed E-state index contributed by atoms with van der Waals surface area (Å²) in [7, 11) is 2.94. The molecule has 5 nitrogen and oxygen atoms in total. The Hall–Kier alpha value is -2.30. The van der Waals surface area contributed by atoms with Crippen molar-refractivity contribution in [1.29, 1.82) is 0 Å². The maximum Gasteiger partial charge on any atom is 0.333 e. The fourth-order valence-corrected chi connectivity index (χ4v) is 2.09. The van der Waals surface area contributed by atoms with Gasteiger partial charge in [0, 0.05) is 5.56 Å². The molecule has 1 aliphatic rings. The molecule has 106 valence electrons. The van der Waals surface area contributed by atoms with Crippen molar-refractivity contribution < 1.29 is 19.1 Å². The van der Waals surface area contributed by atoms with Crippen LogP contribution >= 0.6 is 0 Å². The Kier molecular flexibility index (Phi) is 4.76. The van der Waals surface area contributed by atoms with Gasteiger partial charge in [0.2, 0.25) is 0 Å². The van der Waals surface area contributed by atoms with Crippen LogP contribution < -0.4 is 4.74 Å². The Bertz CT molecular complexity index is 549. The molecule has 1 aromatic carbocycles. The van der Waals surface area contributed by atoms with Crippen LogP contribution in [0.15, 0.2) is 35.7 Å². The van der Waals surface area contributed by atoms with Gasteiger partial charge < -0.3 is 14.3 Å². The number of rotatable bonds is 4. The largest absolute Gasteiger partial charge is 0.497 e. The van der Waals surface area contributed by atoms with Gasteiger partial charge in [0.1, 0.15) is 12.0 Å². The predicted molar refractivity (Wildman–Crippen MR) is 74.7 cm³/mol. The van der Waals surface area contributed by atoms with Crippen molar-refractivity contribution in [1.82, 2.24) is 0 Å². The lowest BCUT2D eigenvalue weighted by Gasteiger charge is -2.17. The minimum atomic E-state index is -0.476. The van der Waals surface area contributed by atoms with E-state index in [-0.39, 0.29) is 0 Å². The quantitative estimate of drug-likeness (QED) is 0.366. The smallest absolute Gasteiger partial charge is 0.333 e. The van der Waals surface area contributed by atoms with E-state index in [1.54, 1.807) is 7.11 Å². The molecule has 5 heteroatoms. The average Bonchev–Trinajstić information content (AvgIpc) is 2.50. The second-order valence-electron chi connectivity index (χ2n) is 4.35. The zero-order valence-corrected chi connectivity index (χ0v) is 11.6. The van der Waals surface area contributed by atoms with Crippen LogP contribution in [0.25, 0.3) is 0 Å². The number of methoxy groups -OCH3 is 2. The lowest BCUT2D eigenvalue weighted by Crippen LogP contribution is -2.12. The van der Waals surface area contributed by atoms with Crippen LogP contribution in [0.5, 0.6) is 5.75 Å². The van der Waals surface area contributed by atoms with Crippen LogP contribution in [0.2, 0.25) is 0 Å². The Morgan fingerprint density at radius 1 is 1.30 bits per heavy atom. The number of ether oxygens (including phenoxy) is 2. The van der Waals surface area contributed by atoms with Gasteiger partial charge in [-0.05, 0) is 37.0 Å². The van der Waals surface area contributed by atoms with E-state index in [1.165, 1.54) is 25.0 Å². The van der Waals surface area contributed by atoms with E-state index < -0.39 is 5.97 Å². The van der Waals surface area contributed by atoms with E-state index in [0.29, 0.717) is 0 Å². The van der Waals surface area contributed by atoms with Gasteiger partial charge in [-0.3, -0.25) is 0 Å². The molecular weight excluding hydrogens is 258 g/mol. The summed E-state index contributed by atoms with van der Waals surface area (Å²) in [5.74, 6) is 0.319. The van der Waals surface area contributed by atoms with Gasteiger partial charge in [-0.15, -0.1) is 0 Å². The number of aryl methyl sites for hydroxylation is 1. The fraction of sp³-hybridized carbons (Fsp3) is 0.333. The summed E-state index contributed by atoms with van der Waals surface area (Å²) in [5, 5.41) is 4.07. The number of carbonyl (C=O) groups excluding carboxylic acids is 1. The number of nitrogens with zero attached hydrogens (tertiary/aromatic N) is 1. The highest BCUT2D eigenvalue weighted by Gasteiger charge is 2.16. The molecule has 0 spiro atoms. The summed E-state index contributed by atoms with van der Waals surface area (Å²) < 4.78 is 9.69. The lowest BCUT2D eigenvalue weighted by molar-refractivity contribution is -0.135. The normalized spacial score (nSPS) is 16.0. The van der Waals surface area contributed by atoms with Gasteiger partial charge in [0.05, 0.1) is 26.0 Å². The minimum absolute atomic E-state index is 0.476. The van der Waals surface area contributed by atoms with Crippen LogP contribution in [-0.4, -0.2) is 25.9 Å². The Morgan fingerprint density at radius 3 is 2.90 bits per heavy atom. The van der Waals surface area contributed by atoms with E-state index in [1.807, 2.05) is 18.2 Å². The van der Waals surface area contributed by atoms with E-state index >= 15 is 0 Å². The third kappa shape index (κ3) is 3.38. The topological polar surface area (TPSA) is 57.1 Å². The molecule has 0 bridgehead atoms. The predicted octanol–water partition coefficient (Wildman–Crippen LogP) is 2.44. The van der Waals surface area contributed by atoms with Gasteiger partial charge in [-0.1, -0.05) is 11.2 Å². The van der Waals surface area contributed by atoms with E-state index in [2.05, 4.69) is 9.89 Å². The molecule has 0 N–H and O–H groups in total. The van der Waals surface area contributed by atoms with Crippen LogP contribution in [0, 0.1) is 0 Å². The number of fused-ring (bicyclic) bond motifs is 1. The van der Waals surface area contributed by atoms with Gasteiger partial charge in [0.25, 0.3) is 0 Å². The van der Waals surface area contributed by atoms with Crippen LogP contribution in [0.4, 0.5) is 0 Å². The van der Waals surface area contributed by atoms with Crippen molar-refractivity contribution in [3.8, 4) is 5.75 Å². The van der Waals surface area contributed by atoms with Crippen molar-refractivity contribution in [2.24, 2.45) is 5.16 Å². The van der Waals surface area contributed by atoms with Crippen molar-refractivity contribution in [2.45, 2.75) is 19.3 Å². The van der Waals surface area contributed by atoms with E-state index in [9.17, 15) is 4.79 Å². The first-order chi connectivity index (χ1) is 9.74. The van der Waals surface area contributed by atoms with Crippen molar-refractivity contribution in [3.63, 3.8) is 0 Å². The second kappa shape index (κ2) is 6.75. The zero-order chi connectivity index (χ0) is 14.4. The highest BCUT2D eigenvalue weighted by atomic mass is 16.6. The number of oxime groups is 1. The molecule has 0 radical (unpaired) electrons. The molecule has 1 aliphatic carbocycles. The fourth-order valence-electron chi connectivity index (χ4n) is 2.09. The van der Waals surface area contributed by atoms with Crippen molar-refractivity contribution in [2.75, 3.05) is 14.2 Å². The van der Waals surface area contributed by atoms with Crippen molar-refractivity contribution in [3.05, 3.63) is 41.7 Å². The third-order valence-electron chi connectivity index (χ3n) is 3.12. The summed E-state index contributed by atoms with van der Waals surface area (Å²) >= 11 is 0. The first-order valence-electron chi connectivity index (χ1n) is 6.39. The van der Waals surface area contributed by atoms with Crippen LogP contribution in [0.3, 0.4) is 0 Å². The highest BCUT2D eigenvalue weighted by molar-refractivity contribution is 6.02. The highest BCUT2D eigenvalue weighted by Crippen LogP contribution is 2.26. The summed E-state index contributed by atoms with van der Waals surface area (Å²) in [4.78, 5) is 15.9. The maximum absolute atomic E-state index is 10.9. The van der Waals surface area contributed by atoms with Crippen LogP contribution in [-0.2, 0) is 20.8 Å². The Morgan fingerprint density at radius 2 is 2.15 bits per heavy atom. The summed E-state index contributed by atoms with van der Waals surface area (Å²) in [5.41, 5.74) is 3.14. The molecule has 2 rings (SSSR count). The molecule has 0 saturated carbocycles. The molecule has 1 aromatic rings. The number of esters is 1. The number of hydrogen-bond acceptors (Lipinski definition) is 5. The standard InChI is InChI=1S/C15H17NO4/c1-18-12-7-6-11-4-3-5-14(13(11)10-12)16-20-9-8-15(17)19-2/h6-10H,3-5H2,1-2H3/b9-8?,16-14+. The first kappa shape index (κ1) is 14.1. The molecular formula is C15H17NO4. The molecule has 0 fully saturated rings. The Balaban J connectivity index is 2.14. The zero-order valence-electron chi connectivity index (χ0n) is 11.6. The maximum atomic E-state index is 10.9. The molecule has 0 heterocycles. The van der Waals surface area contributed by atoms with Crippen LogP contribution in [0.1, 0.15) is 24.0 Å². The molecule has 0 aromatic heterocycles. The van der Waals surface area contributed by atoms with E-state index in [0.717, 1.165) is 36.3 Å². The molecule has 0 atom stereocenters. The minimum Gasteiger partial charge on any atom is -0.497 e. The lowest BCUT2D eigenvalue weighted by atomic mass is 9.90. The summed E-state index contributed by atoms with van der Waals surface area (Å²) in [6, 6.07) is 5.95. The average molecular weight is 275 g/mol. The summed E-state index contributed by atoms with van der Waals surface area (Å²) in [6.45, 7) is 0. The third-order valence-corrected chi connectivity index (χ3v) is 3.12. The SMILES string of the molecule is COC(=O)C=CO/N=C1\CCCc2ccc(OC)cc21.